The fraction of sp³-hybridized carbons (Fsp3) is 0.533. The Morgan fingerprint density at radius 1 is 1.42 bits per heavy atom. The molecule has 2 N–H and O–H groups in total. The maximum atomic E-state index is 12.2. The first-order valence-electron chi connectivity index (χ1n) is 6.98. The summed E-state index contributed by atoms with van der Waals surface area (Å²) >= 11 is 0. The predicted octanol–water partition coefficient (Wildman–Crippen LogP) is 1.69. The molecular formula is C15H23N3O. The van der Waals surface area contributed by atoms with Gasteiger partial charge in [0.15, 0.2) is 0 Å². The van der Waals surface area contributed by atoms with Gasteiger partial charge in [0, 0.05) is 18.8 Å². The largest absolute Gasteiger partial charge is 0.326 e. The molecule has 1 amide bonds. The normalized spacial score (nSPS) is 19.6. The average Bonchev–Trinajstić information content (AvgIpc) is 2.84. The fourth-order valence-electron chi connectivity index (χ4n) is 2.44. The van der Waals surface area contributed by atoms with Crippen LogP contribution in [0.5, 0.6) is 0 Å². The van der Waals surface area contributed by atoms with Gasteiger partial charge in [-0.15, -0.1) is 0 Å². The molecule has 4 nitrogen and oxygen atoms in total. The number of nitrogens with one attached hydrogen (secondary N) is 2. The van der Waals surface area contributed by atoms with E-state index in [4.69, 9.17) is 0 Å². The number of carbonyl (C=O) groups is 1. The smallest absolute Gasteiger partial charge is 0.228 e. The van der Waals surface area contributed by atoms with Crippen molar-refractivity contribution in [2.45, 2.75) is 19.9 Å². The number of benzene rings is 1. The van der Waals surface area contributed by atoms with Crippen LogP contribution in [0.15, 0.2) is 24.3 Å². The number of hydrogen-bond acceptors (Lipinski definition) is 3. The number of nitrogens with zero attached hydrogens (tertiary/aromatic N) is 1. The third-order valence-corrected chi connectivity index (χ3v) is 3.60. The van der Waals surface area contributed by atoms with Crippen molar-refractivity contribution in [3.8, 4) is 0 Å². The summed E-state index contributed by atoms with van der Waals surface area (Å²) in [6.07, 6.45) is 0.956. The van der Waals surface area contributed by atoms with E-state index < -0.39 is 0 Å². The Bertz CT molecular complexity index is 433. The van der Waals surface area contributed by atoms with Crippen molar-refractivity contribution in [3.05, 3.63) is 29.8 Å². The minimum atomic E-state index is 0.122. The fourth-order valence-corrected chi connectivity index (χ4v) is 2.44. The Kier molecular flexibility index (Phi) is 4.93. The zero-order valence-corrected chi connectivity index (χ0v) is 11.8. The molecule has 0 radical (unpaired) electrons. The van der Waals surface area contributed by atoms with E-state index in [1.54, 1.807) is 0 Å². The number of likely N-dealkylation sites (tertiary alicyclic amines) is 1. The summed E-state index contributed by atoms with van der Waals surface area (Å²) in [5.41, 5.74) is 2.08. The summed E-state index contributed by atoms with van der Waals surface area (Å²) in [6, 6.07) is 8.00. The van der Waals surface area contributed by atoms with E-state index in [0.29, 0.717) is 0 Å². The summed E-state index contributed by atoms with van der Waals surface area (Å²) in [4.78, 5) is 14.4. The quantitative estimate of drug-likeness (QED) is 0.847. The lowest BCUT2D eigenvalue weighted by Gasteiger charge is -2.14. The van der Waals surface area contributed by atoms with Crippen LogP contribution >= 0.6 is 0 Å². The molecule has 1 aromatic carbocycles. The molecule has 1 aliphatic heterocycles. The Morgan fingerprint density at radius 2 is 2.21 bits per heavy atom. The van der Waals surface area contributed by atoms with E-state index in [2.05, 4.69) is 35.6 Å². The van der Waals surface area contributed by atoms with Crippen LogP contribution < -0.4 is 10.6 Å². The maximum absolute atomic E-state index is 12.2. The molecule has 1 unspecified atom stereocenters. The predicted molar refractivity (Wildman–Crippen MR) is 78.1 cm³/mol. The monoisotopic (exact) mass is 261 g/mol. The van der Waals surface area contributed by atoms with Gasteiger partial charge in [0.25, 0.3) is 0 Å². The van der Waals surface area contributed by atoms with Crippen molar-refractivity contribution >= 4 is 11.6 Å². The Morgan fingerprint density at radius 3 is 2.89 bits per heavy atom. The first-order valence-corrected chi connectivity index (χ1v) is 6.98. The zero-order chi connectivity index (χ0) is 13.7. The number of amides is 1. The third-order valence-electron chi connectivity index (χ3n) is 3.60. The van der Waals surface area contributed by atoms with Crippen LogP contribution in [-0.2, 0) is 11.3 Å². The number of para-hydroxylation sites is 1. The van der Waals surface area contributed by atoms with Crippen LogP contribution in [0, 0.1) is 5.92 Å². The molecule has 104 valence electrons. The van der Waals surface area contributed by atoms with Gasteiger partial charge < -0.3 is 15.5 Å². The Balaban J connectivity index is 2.00. The maximum Gasteiger partial charge on any atom is 0.228 e. The summed E-state index contributed by atoms with van der Waals surface area (Å²) in [5.74, 6) is 0.269. The van der Waals surface area contributed by atoms with E-state index >= 15 is 0 Å². The highest BCUT2D eigenvalue weighted by Gasteiger charge is 2.26. The van der Waals surface area contributed by atoms with Crippen LogP contribution in [0.25, 0.3) is 0 Å². The molecule has 0 aromatic heterocycles. The molecule has 2 rings (SSSR count). The highest BCUT2D eigenvalue weighted by Crippen LogP contribution is 2.19. The first-order chi connectivity index (χ1) is 9.20. The van der Waals surface area contributed by atoms with Gasteiger partial charge in [0.2, 0.25) is 5.91 Å². The van der Waals surface area contributed by atoms with E-state index in [0.717, 1.165) is 43.9 Å². The minimum absolute atomic E-state index is 0.122. The van der Waals surface area contributed by atoms with E-state index in [1.165, 1.54) is 0 Å². The molecule has 1 atom stereocenters. The highest BCUT2D eigenvalue weighted by atomic mass is 16.1. The summed E-state index contributed by atoms with van der Waals surface area (Å²) in [5, 5.41) is 6.37. The van der Waals surface area contributed by atoms with Gasteiger partial charge in [-0.25, -0.2) is 0 Å². The Hall–Kier alpha value is -1.39. The third kappa shape index (κ3) is 3.78. The number of hydrogen-bond donors (Lipinski definition) is 2. The van der Waals surface area contributed by atoms with Gasteiger partial charge in [-0.1, -0.05) is 25.1 Å². The molecule has 0 spiro atoms. The van der Waals surface area contributed by atoms with Gasteiger partial charge in [-0.05, 0) is 38.2 Å². The molecule has 1 aliphatic rings. The van der Waals surface area contributed by atoms with Gasteiger partial charge in [0.1, 0.15) is 0 Å². The van der Waals surface area contributed by atoms with Crippen molar-refractivity contribution < 1.29 is 4.79 Å². The summed E-state index contributed by atoms with van der Waals surface area (Å²) in [7, 11) is 2.06. The second-order valence-electron chi connectivity index (χ2n) is 5.17. The lowest BCUT2D eigenvalue weighted by atomic mass is 10.1. The van der Waals surface area contributed by atoms with Gasteiger partial charge >= 0.3 is 0 Å². The minimum Gasteiger partial charge on any atom is -0.326 e. The first kappa shape index (κ1) is 14.0. The van der Waals surface area contributed by atoms with Crippen LogP contribution in [0.3, 0.4) is 0 Å². The molecule has 1 aromatic rings. The molecule has 4 heteroatoms. The second kappa shape index (κ2) is 6.68. The zero-order valence-electron chi connectivity index (χ0n) is 11.8. The van der Waals surface area contributed by atoms with Crippen molar-refractivity contribution in [1.82, 2.24) is 10.2 Å². The van der Waals surface area contributed by atoms with Crippen LogP contribution in [0.2, 0.25) is 0 Å². The summed E-state index contributed by atoms with van der Waals surface area (Å²) < 4.78 is 0. The molecule has 0 saturated carbocycles. The summed E-state index contributed by atoms with van der Waals surface area (Å²) in [6.45, 7) is 5.67. The molecule has 1 fully saturated rings. The van der Waals surface area contributed by atoms with E-state index in [1.807, 2.05) is 18.2 Å². The van der Waals surface area contributed by atoms with Crippen LogP contribution in [-0.4, -0.2) is 37.5 Å². The lowest BCUT2D eigenvalue weighted by molar-refractivity contribution is -0.119. The van der Waals surface area contributed by atoms with Gasteiger partial charge in [-0.2, -0.15) is 0 Å². The molecule has 19 heavy (non-hydrogen) atoms. The number of anilines is 1. The SMILES string of the molecule is CCNCc1ccccc1NC(=O)C1CCN(C)C1. The van der Waals surface area contributed by atoms with Gasteiger partial charge in [0.05, 0.1) is 5.92 Å². The molecule has 1 heterocycles. The number of carbonyl (C=O) groups excluding carboxylic acids is 1. The van der Waals surface area contributed by atoms with Crippen molar-refractivity contribution in [2.75, 3.05) is 32.0 Å². The highest BCUT2D eigenvalue weighted by molar-refractivity contribution is 5.93. The van der Waals surface area contributed by atoms with Gasteiger partial charge in [-0.3, -0.25) is 4.79 Å². The van der Waals surface area contributed by atoms with Crippen molar-refractivity contribution in [2.24, 2.45) is 5.92 Å². The second-order valence-corrected chi connectivity index (χ2v) is 5.17. The number of rotatable bonds is 5. The molecule has 1 saturated heterocycles. The van der Waals surface area contributed by atoms with E-state index in [-0.39, 0.29) is 11.8 Å². The Labute approximate surface area is 115 Å². The molecule has 0 bridgehead atoms. The molecular weight excluding hydrogens is 238 g/mol. The van der Waals surface area contributed by atoms with E-state index in [9.17, 15) is 4.79 Å². The molecule has 0 aliphatic carbocycles. The standard InChI is InChI=1S/C15H23N3O/c1-3-16-10-12-6-4-5-7-14(12)17-15(19)13-8-9-18(2)11-13/h4-7,13,16H,3,8-11H2,1-2H3,(H,17,19). The van der Waals surface area contributed by atoms with Crippen LogP contribution in [0.4, 0.5) is 5.69 Å². The topological polar surface area (TPSA) is 44.4 Å². The van der Waals surface area contributed by atoms with Crippen molar-refractivity contribution in [1.29, 1.82) is 0 Å². The van der Waals surface area contributed by atoms with Crippen LogP contribution in [0.1, 0.15) is 18.9 Å². The average molecular weight is 261 g/mol. The van der Waals surface area contributed by atoms with Crippen molar-refractivity contribution in [3.63, 3.8) is 0 Å². The lowest BCUT2D eigenvalue weighted by Crippen LogP contribution is -2.26.